The van der Waals surface area contributed by atoms with Crippen LogP contribution < -0.4 is 5.73 Å². The first-order chi connectivity index (χ1) is 17.2. The molecule has 1 aliphatic heterocycles. The van der Waals surface area contributed by atoms with Crippen molar-refractivity contribution in [2.75, 3.05) is 20.1 Å². The van der Waals surface area contributed by atoms with Crippen LogP contribution in [0.25, 0.3) is 22.5 Å². The van der Waals surface area contributed by atoms with Crippen LogP contribution in [0.15, 0.2) is 60.0 Å². The van der Waals surface area contributed by atoms with Crippen LogP contribution in [0.3, 0.4) is 0 Å². The number of ketones is 1. The summed E-state index contributed by atoms with van der Waals surface area (Å²) in [5.74, 6) is -0.435. The van der Waals surface area contributed by atoms with E-state index in [9.17, 15) is 18.0 Å². The number of nitrogens with two attached hydrogens (primary N) is 1. The van der Waals surface area contributed by atoms with E-state index in [4.69, 9.17) is 10.7 Å². The van der Waals surface area contributed by atoms with Gasteiger partial charge in [-0.05, 0) is 55.8 Å². The Labute approximate surface area is 208 Å². The maximum atomic E-state index is 12.4. The number of aliphatic imine (C=N–C) groups is 1. The number of nitrogens with zero attached hydrogens (tertiary/aromatic N) is 4. The van der Waals surface area contributed by atoms with Gasteiger partial charge in [0.15, 0.2) is 0 Å². The molecule has 0 aliphatic carbocycles. The van der Waals surface area contributed by atoms with Gasteiger partial charge < -0.3 is 10.6 Å². The Kier molecular flexibility index (Phi) is 7.88. The Hall–Kier alpha value is -3.46. The molecular formula is C27H30F3N5O. The first kappa shape index (κ1) is 25.6. The van der Waals surface area contributed by atoms with Crippen molar-refractivity contribution in [2.24, 2.45) is 10.7 Å². The molecule has 36 heavy (non-hydrogen) atoms. The standard InChI is InChI=1S/C27H30F3N5O/c1-34-10-3-6-23(18-34)32-16-22(15-31)20-8-11-35-25(17-33-26(35)14-20)21-5-2-4-19(12-21)13-24(36)7-9-27(28,29)30/h2,4-5,8,11-12,14-17,23H,3,6-7,9-10,13,18,31H2,1H3. The SMILES string of the molecule is CN1CCCC(N=CC(=CN)c2ccn3c(-c4cccc(CC(=O)CCC(F)(F)F)c4)cnc3c2)C1. The topological polar surface area (TPSA) is 76.0 Å². The van der Waals surface area contributed by atoms with Gasteiger partial charge in [-0.15, -0.1) is 0 Å². The second-order valence-corrected chi connectivity index (χ2v) is 9.28. The van der Waals surface area contributed by atoms with E-state index in [0.29, 0.717) is 5.56 Å². The summed E-state index contributed by atoms with van der Waals surface area (Å²) in [7, 11) is 2.10. The number of hydrogen-bond donors (Lipinski definition) is 1. The normalized spacial score (nSPS) is 17.8. The number of benzene rings is 1. The molecule has 4 rings (SSSR count). The predicted molar refractivity (Wildman–Crippen MR) is 136 cm³/mol. The first-order valence-electron chi connectivity index (χ1n) is 12.0. The molecule has 9 heteroatoms. The van der Waals surface area contributed by atoms with Crippen LogP contribution in [0.5, 0.6) is 0 Å². The molecule has 3 heterocycles. The number of rotatable bonds is 8. The van der Waals surface area contributed by atoms with Gasteiger partial charge in [0.2, 0.25) is 0 Å². The van der Waals surface area contributed by atoms with E-state index in [-0.39, 0.29) is 12.5 Å². The van der Waals surface area contributed by atoms with E-state index < -0.39 is 24.8 Å². The first-order valence-corrected chi connectivity index (χ1v) is 12.0. The van der Waals surface area contributed by atoms with E-state index in [1.165, 1.54) is 0 Å². The Bertz CT molecular complexity index is 1280. The van der Waals surface area contributed by atoms with E-state index in [1.807, 2.05) is 41.1 Å². The maximum absolute atomic E-state index is 12.4. The predicted octanol–water partition coefficient (Wildman–Crippen LogP) is 4.92. The summed E-state index contributed by atoms with van der Waals surface area (Å²) >= 11 is 0. The number of hydrogen-bond acceptors (Lipinski definition) is 5. The number of likely N-dealkylation sites (tertiary alicyclic amines) is 1. The molecule has 1 aliphatic rings. The summed E-state index contributed by atoms with van der Waals surface area (Å²) in [5, 5.41) is 0. The third-order valence-corrected chi connectivity index (χ3v) is 6.36. The monoisotopic (exact) mass is 497 g/mol. The summed E-state index contributed by atoms with van der Waals surface area (Å²) in [4.78, 5) is 23.6. The van der Waals surface area contributed by atoms with Crippen molar-refractivity contribution in [3.05, 3.63) is 66.1 Å². The number of carbonyl (C=O) groups is 1. The number of alkyl halides is 3. The highest BCUT2D eigenvalue weighted by Gasteiger charge is 2.27. The smallest absolute Gasteiger partial charge is 0.389 e. The number of piperidine rings is 1. The number of carbonyl (C=O) groups excluding carboxylic acids is 1. The highest BCUT2D eigenvalue weighted by Crippen LogP contribution is 2.25. The van der Waals surface area contributed by atoms with Crippen molar-refractivity contribution in [2.45, 2.75) is 44.3 Å². The van der Waals surface area contributed by atoms with Gasteiger partial charge in [-0.1, -0.05) is 18.2 Å². The van der Waals surface area contributed by atoms with Crippen molar-refractivity contribution in [3.63, 3.8) is 0 Å². The van der Waals surface area contributed by atoms with E-state index in [1.54, 1.807) is 24.5 Å². The molecule has 1 unspecified atom stereocenters. The largest absolute Gasteiger partial charge is 0.404 e. The lowest BCUT2D eigenvalue weighted by molar-refractivity contribution is -0.143. The van der Waals surface area contributed by atoms with Crippen LogP contribution >= 0.6 is 0 Å². The maximum Gasteiger partial charge on any atom is 0.389 e. The molecule has 3 aromatic rings. The summed E-state index contributed by atoms with van der Waals surface area (Å²) < 4.78 is 39.2. The van der Waals surface area contributed by atoms with Crippen LogP contribution in [0.4, 0.5) is 13.2 Å². The molecule has 2 aromatic heterocycles. The second kappa shape index (κ2) is 11.1. The molecule has 1 saturated heterocycles. The Balaban J connectivity index is 1.50. The van der Waals surface area contributed by atoms with Crippen molar-refractivity contribution in [3.8, 4) is 11.3 Å². The fourth-order valence-electron chi connectivity index (χ4n) is 4.47. The Morgan fingerprint density at radius 2 is 2.11 bits per heavy atom. The van der Waals surface area contributed by atoms with Crippen LogP contribution in [-0.2, 0) is 11.2 Å². The second-order valence-electron chi connectivity index (χ2n) is 9.28. The molecular weight excluding hydrogens is 467 g/mol. The zero-order valence-corrected chi connectivity index (χ0v) is 20.2. The molecule has 1 atom stereocenters. The highest BCUT2D eigenvalue weighted by molar-refractivity contribution is 6.10. The van der Waals surface area contributed by atoms with Crippen LogP contribution in [-0.4, -0.2) is 58.6 Å². The number of likely N-dealkylation sites (N-methyl/N-ethyl adjacent to an activating group) is 1. The highest BCUT2D eigenvalue weighted by atomic mass is 19.4. The number of halogens is 3. The number of allylic oxidation sites excluding steroid dienone is 1. The van der Waals surface area contributed by atoms with Crippen LogP contribution in [0.1, 0.15) is 36.8 Å². The average Bonchev–Trinajstić information content (AvgIpc) is 3.26. The zero-order chi connectivity index (χ0) is 25.7. The van der Waals surface area contributed by atoms with Crippen molar-refractivity contribution < 1.29 is 18.0 Å². The van der Waals surface area contributed by atoms with Gasteiger partial charge in [-0.2, -0.15) is 13.2 Å². The van der Waals surface area contributed by atoms with Gasteiger partial charge in [-0.3, -0.25) is 14.2 Å². The van der Waals surface area contributed by atoms with Gasteiger partial charge >= 0.3 is 6.18 Å². The van der Waals surface area contributed by atoms with Gasteiger partial charge in [-0.25, -0.2) is 4.98 Å². The molecule has 0 radical (unpaired) electrons. The number of aromatic nitrogens is 2. The molecule has 0 spiro atoms. The fourth-order valence-corrected chi connectivity index (χ4v) is 4.47. The lowest BCUT2D eigenvalue weighted by Gasteiger charge is -2.27. The molecule has 1 fully saturated rings. The lowest BCUT2D eigenvalue weighted by atomic mass is 10.0. The summed E-state index contributed by atoms with van der Waals surface area (Å²) in [6, 6.07) is 11.4. The third-order valence-electron chi connectivity index (χ3n) is 6.36. The van der Waals surface area contributed by atoms with Crippen LogP contribution in [0, 0.1) is 0 Å². The summed E-state index contributed by atoms with van der Waals surface area (Å²) in [6.07, 6.45) is 3.24. The number of fused-ring (bicyclic) bond motifs is 1. The molecule has 6 nitrogen and oxygen atoms in total. The van der Waals surface area contributed by atoms with E-state index in [0.717, 1.165) is 54.0 Å². The van der Waals surface area contributed by atoms with Crippen molar-refractivity contribution in [1.82, 2.24) is 14.3 Å². The van der Waals surface area contributed by atoms with Crippen molar-refractivity contribution in [1.29, 1.82) is 0 Å². The van der Waals surface area contributed by atoms with Crippen molar-refractivity contribution >= 4 is 23.2 Å². The number of Topliss-reactive ketones (excluding diaryl/α,β-unsaturated/α-hetero) is 1. The fraction of sp³-hybridized carbons (Fsp3) is 0.370. The molecule has 190 valence electrons. The van der Waals surface area contributed by atoms with Gasteiger partial charge in [0.25, 0.3) is 0 Å². The minimum Gasteiger partial charge on any atom is -0.404 e. The van der Waals surface area contributed by atoms with Gasteiger partial charge in [0.05, 0.1) is 24.4 Å². The molecule has 0 amide bonds. The Morgan fingerprint density at radius 1 is 1.28 bits per heavy atom. The average molecular weight is 498 g/mol. The third kappa shape index (κ3) is 6.60. The molecule has 0 bridgehead atoms. The van der Waals surface area contributed by atoms with E-state index >= 15 is 0 Å². The van der Waals surface area contributed by atoms with E-state index in [2.05, 4.69) is 16.9 Å². The zero-order valence-electron chi connectivity index (χ0n) is 20.2. The molecule has 2 N–H and O–H groups in total. The lowest BCUT2D eigenvalue weighted by Crippen LogP contribution is -2.34. The van der Waals surface area contributed by atoms with Crippen LogP contribution in [0.2, 0.25) is 0 Å². The quantitative estimate of drug-likeness (QED) is 0.448. The Morgan fingerprint density at radius 3 is 2.86 bits per heavy atom. The number of pyridine rings is 1. The van der Waals surface area contributed by atoms with Gasteiger partial charge in [0.1, 0.15) is 11.4 Å². The minimum absolute atomic E-state index is 0.0361. The molecule has 1 aromatic carbocycles. The van der Waals surface area contributed by atoms with Gasteiger partial charge in [0, 0.05) is 49.1 Å². The molecule has 0 saturated carbocycles. The summed E-state index contributed by atoms with van der Waals surface area (Å²) in [6.45, 7) is 2.03. The summed E-state index contributed by atoms with van der Waals surface area (Å²) in [5.41, 5.74) is 10.7. The minimum atomic E-state index is -4.33. The number of imidazole rings is 1.